The van der Waals surface area contributed by atoms with E-state index in [1.54, 1.807) is 18.1 Å². The van der Waals surface area contributed by atoms with Crippen molar-refractivity contribution in [3.05, 3.63) is 75.4 Å². The molecule has 2 heterocycles. The van der Waals surface area contributed by atoms with Crippen LogP contribution in [0.4, 0.5) is 0 Å². The molecule has 1 aliphatic heterocycles. The van der Waals surface area contributed by atoms with E-state index in [0.29, 0.717) is 5.57 Å². The second kappa shape index (κ2) is 6.30. The van der Waals surface area contributed by atoms with Gasteiger partial charge in [-0.05, 0) is 54.6 Å². The minimum atomic E-state index is -0.0524. The lowest BCUT2D eigenvalue weighted by Gasteiger charge is -2.21. The van der Waals surface area contributed by atoms with Gasteiger partial charge in [-0.2, -0.15) is 5.26 Å². The van der Waals surface area contributed by atoms with Crippen LogP contribution in [0.2, 0.25) is 0 Å². The van der Waals surface area contributed by atoms with Gasteiger partial charge in [0.15, 0.2) is 0 Å². The first-order chi connectivity index (χ1) is 12.2. The Kier molecular flexibility index (Phi) is 3.98. The smallest absolute Gasteiger partial charge is 0.255 e. The highest BCUT2D eigenvalue weighted by molar-refractivity contribution is 7.97. The summed E-state index contributed by atoms with van der Waals surface area (Å²) in [6, 6.07) is 8.10. The number of hydrogen-bond acceptors (Lipinski definition) is 4. The molecular formula is C20H17N3OS. The third-order valence-corrected chi connectivity index (χ3v) is 5.82. The van der Waals surface area contributed by atoms with Crippen molar-refractivity contribution in [3.63, 3.8) is 0 Å². The minimum absolute atomic E-state index is 0.0524. The molecule has 0 amide bonds. The van der Waals surface area contributed by atoms with Crippen LogP contribution in [0.3, 0.4) is 0 Å². The number of nitrogens with zero attached hydrogens (tertiary/aromatic N) is 2. The Morgan fingerprint density at radius 3 is 3.04 bits per heavy atom. The lowest BCUT2D eigenvalue weighted by molar-refractivity contribution is 0.614. The maximum Gasteiger partial charge on any atom is 0.255 e. The van der Waals surface area contributed by atoms with Gasteiger partial charge in [0.25, 0.3) is 5.56 Å². The fourth-order valence-corrected chi connectivity index (χ4v) is 4.59. The zero-order chi connectivity index (χ0) is 17.4. The van der Waals surface area contributed by atoms with Crippen LogP contribution in [-0.4, -0.2) is 15.8 Å². The van der Waals surface area contributed by atoms with Gasteiger partial charge in [0.05, 0.1) is 6.07 Å². The average molecular weight is 347 g/mol. The fourth-order valence-electron chi connectivity index (χ4n) is 3.37. The van der Waals surface area contributed by atoms with E-state index in [2.05, 4.69) is 27.5 Å². The molecule has 1 aromatic heterocycles. The first-order valence-corrected chi connectivity index (χ1v) is 9.01. The highest BCUT2D eigenvalue weighted by Gasteiger charge is 2.23. The van der Waals surface area contributed by atoms with E-state index in [0.717, 1.165) is 40.6 Å². The zero-order valence-corrected chi connectivity index (χ0v) is 14.7. The number of aromatic amines is 1. The van der Waals surface area contributed by atoms with E-state index < -0.39 is 0 Å². The first-order valence-electron chi connectivity index (χ1n) is 8.24. The first kappa shape index (κ1) is 15.8. The molecule has 2 aliphatic rings. The lowest BCUT2D eigenvalue weighted by Crippen LogP contribution is -2.11. The third kappa shape index (κ3) is 2.79. The van der Waals surface area contributed by atoms with Crippen molar-refractivity contribution in [3.8, 4) is 6.07 Å². The lowest BCUT2D eigenvalue weighted by atomic mass is 10.1. The van der Waals surface area contributed by atoms with Crippen molar-refractivity contribution in [2.24, 2.45) is 0 Å². The summed E-state index contributed by atoms with van der Waals surface area (Å²) in [4.78, 5) is 16.0. The van der Waals surface area contributed by atoms with Crippen LogP contribution in [0, 0.1) is 18.3 Å². The number of aromatic nitrogens is 1. The predicted octanol–water partition coefficient (Wildman–Crippen LogP) is 4.21. The number of rotatable bonds is 2. The highest BCUT2D eigenvalue weighted by atomic mass is 32.2. The number of nitrogens with one attached hydrogen (secondary N) is 1. The van der Waals surface area contributed by atoms with Crippen LogP contribution in [0.25, 0.3) is 10.8 Å². The molecule has 1 aliphatic carbocycles. The molecule has 4 nitrogen and oxygen atoms in total. The quantitative estimate of drug-likeness (QED) is 0.827. The molecular weight excluding hydrogens is 330 g/mol. The molecule has 0 atom stereocenters. The topological polar surface area (TPSA) is 59.9 Å². The van der Waals surface area contributed by atoms with Crippen molar-refractivity contribution in [2.45, 2.75) is 24.7 Å². The van der Waals surface area contributed by atoms with Gasteiger partial charge in [-0.1, -0.05) is 18.2 Å². The standard InChI is InChI=1S/C20H17N3OS/c1-13-12-22-20(24)16-3-2-4-18(19(13)16)25-23-10-9-15-7-5-14(11-21)6-8-17(15)23/h2-7,12H,8-10H2,1H3,(H,22,24). The molecule has 124 valence electrons. The van der Waals surface area contributed by atoms with Crippen molar-refractivity contribution in [1.82, 2.24) is 9.29 Å². The minimum Gasteiger partial charge on any atom is -0.328 e. The number of H-pyrrole nitrogens is 1. The van der Waals surface area contributed by atoms with Crippen molar-refractivity contribution < 1.29 is 0 Å². The Hall–Kier alpha value is -2.71. The Bertz CT molecular complexity index is 1050. The number of aryl methyl sites for hydroxylation is 1. The van der Waals surface area contributed by atoms with Crippen LogP contribution in [-0.2, 0) is 0 Å². The van der Waals surface area contributed by atoms with Crippen molar-refractivity contribution in [1.29, 1.82) is 5.26 Å². The molecule has 25 heavy (non-hydrogen) atoms. The molecule has 0 radical (unpaired) electrons. The molecule has 4 rings (SSSR count). The summed E-state index contributed by atoms with van der Waals surface area (Å²) in [6.45, 7) is 2.96. The molecule has 1 aromatic carbocycles. The van der Waals surface area contributed by atoms with Gasteiger partial charge in [-0.25, -0.2) is 0 Å². The largest absolute Gasteiger partial charge is 0.328 e. The third-order valence-electron chi connectivity index (χ3n) is 4.66. The van der Waals surface area contributed by atoms with Gasteiger partial charge in [0.1, 0.15) is 0 Å². The number of hydrogen-bond donors (Lipinski definition) is 1. The van der Waals surface area contributed by atoms with Crippen LogP contribution >= 0.6 is 11.9 Å². The molecule has 0 unspecified atom stereocenters. The van der Waals surface area contributed by atoms with E-state index in [1.165, 1.54) is 11.3 Å². The maximum absolute atomic E-state index is 12.1. The number of fused-ring (bicyclic) bond motifs is 1. The fraction of sp³-hybridized carbons (Fsp3) is 0.200. The van der Waals surface area contributed by atoms with E-state index in [-0.39, 0.29) is 5.56 Å². The van der Waals surface area contributed by atoms with Crippen LogP contribution < -0.4 is 5.56 Å². The van der Waals surface area contributed by atoms with Crippen molar-refractivity contribution in [2.75, 3.05) is 6.54 Å². The van der Waals surface area contributed by atoms with Gasteiger partial charge < -0.3 is 9.29 Å². The van der Waals surface area contributed by atoms with E-state index in [4.69, 9.17) is 5.26 Å². The van der Waals surface area contributed by atoms with Crippen LogP contribution in [0.5, 0.6) is 0 Å². The number of benzene rings is 1. The molecule has 1 N–H and O–H groups in total. The Morgan fingerprint density at radius 1 is 1.32 bits per heavy atom. The van der Waals surface area contributed by atoms with E-state index in [9.17, 15) is 4.79 Å². The Balaban J connectivity index is 1.72. The second-order valence-corrected chi connectivity index (χ2v) is 7.27. The highest BCUT2D eigenvalue weighted by Crippen LogP contribution is 2.39. The summed E-state index contributed by atoms with van der Waals surface area (Å²) >= 11 is 1.68. The summed E-state index contributed by atoms with van der Waals surface area (Å²) in [6.07, 6.45) is 9.48. The molecule has 2 aromatic rings. The van der Waals surface area contributed by atoms with Crippen LogP contribution in [0.1, 0.15) is 18.4 Å². The summed E-state index contributed by atoms with van der Waals surface area (Å²) in [7, 11) is 0. The molecule has 5 heteroatoms. The molecule has 0 saturated carbocycles. The van der Waals surface area contributed by atoms with Gasteiger partial charge >= 0.3 is 0 Å². The summed E-state index contributed by atoms with van der Waals surface area (Å²) < 4.78 is 2.30. The summed E-state index contributed by atoms with van der Waals surface area (Å²) in [5.74, 6) is 0. The molecule has 0 bridgehead atoms. The van der Waals surface area contributed by atoms with Crippen LogP contribution in [0.15, 0.2) is 69.2 Å². The van der Waals surface area contributed by atoms with E-state index >= 15 is 0 Å². The summed E-state index contributed by atoms with van der Waals surface area (Å²) in [5, 5.41) is 10.9. The summed E-state index contributed by atoms with van der Waals surface area (Å²) in [5.41, 5.74) is 4.28. The van der Waals surface area contributed by atoms with Crippen molar-refractivity contribution >= 4 is 22.7 Å². The normalized spacial score (nSPS) is 16.6. The van der Waals surface area contributed by atoms with Gasteiger partial charge in [-0.3, -0.25) is 4.79 Å². The molecule has 0 saturated heterocycles. The monoisotopic (exact) mass is 347 g/mol. The Morgan fingerprint density at radius 2 is 2.20 bits per heavy atom. The van der Waals surface area contributed by atoms with Gasteiger partial charge in [0.2, 0.25) is 0 Å². The zero-order valence-electron chi connectivity index (χ0n) is 13.9. The molecule has 0 fully saturated rings. The second-order valence-electron chi connectivity index (χ2n) is 6.20. The SMILES string of the molecule is Cc1c[nH]c(=O)c2cccc(SN3CCC4=C3CC=C(C#N)C=C4)c12. The maximum atomic E-state index is 12.1. The Labute approximate surface area is 150 Å². The van der Waals surface area contributed by atoms with Gasteiger partial charge in [0, 0.05) is 46.1 Å². The molecule has 0 spiro atoms. The predicted molar refractivity (Wildman–Crippen MR) is 101 cm³/mol. The average Bonchev–Trinajstić information content (AvgIpc) is 2.88. The van der Waals surface area contributed by atoms with E-state index in [1.807, 2.05) is 31.2 Å². The number of nitriles is 1. The number of allylic oxidation sites excluding steroid dienone is 4. The number of pyridine rings is 1. The van der Waals surface area contributed by atoms with Gasteiger partial charge in [-0.15, -0.1) is 0 Å².